The van der Waals surface area contributed by atoms with Crippen molar-refractivity contribution in [3.05, 3.63) is 63.6 Å². The lowest BCUT2D eigenvalue weighted by Crippen LogP contribution is -2.05. The standard InChI is InChI=1S/C15H13NO4S/c16-10-3-1-9(2-4-10)7-14-11(5-6-21-14)12(17)8-13(18)15(19)20/h1-6,8,18H,7,16H2,(H,19,20)/b13-8-. The molecule has 0 saturated carbocycles. The topological polar surface area (TPSA) is 101 Å². The summed E-state index contributed by atoms with van der Waals surface area (Å²) in [7, 11) is 0. The molecule has 0 spiro atoms. The van der Waals surface area contributed by atoms with E-state index in [1.54, 1.807) is 23.6 Å². The van der Waals surface area contributed by atoms with Gasteiger partial charge in [-0.05, 0) is 29.1 Å². The van der Waals surface area contributed by atoms with E-state index in [2.05, 4.69) is 0 Å². The summed E-state index contributed by atoms with van der Waals surface area (Å²) in [5, 5.41) is 19.5. The molecular formula is C15H13NO4S. The number of aliphatic hydroxyl groups excluding tert-OH is 1. The number of anilines is 1. The molecule has 0 radical (unpaired) electrons. The highest BCUT2D eigenvalue weighted by Gasteiger charge is 2.14. The first-order valence-electron chi connectivity index (χ1n) is 6.06. The number of carbonyl (C=O) groups is 2. The molecule has 0 amide bonds. The fourth-order valence-electron chi connectivity index (χ4n) is 1.78. The Bertz CT molecular complexity index is 701. The Hall–Kier alpha value is -2.60. The van der Waals surface area contributed by atoms with Crippen LogP contribution in [0, 0.1) is 0 Å². The van der Waals surface area contributed by atoms with Crippen LogP contribution < -0.4 is 5.73 Å². The van der Waals surface area contributed by atoms with Crippen molar-refractivity contribution in [2.75, 3.05) is 5.73 Å². The zero-order chi connectivity index (χ0) is 15.4. The van der Waals surface area contributed by atoms with Gasteiger partial charge in [0.05, 0.1) is 0 Å². The molecule has 5 nitrogen and oxygen atoms in total. The highest BCUT2D eigenvalue weighted by Crippen LogP contribution is 2.22. The van der Waals surface area contributed by atoms with Crippen LogP contribution in [0.1, 0.15) is 20.8 Å². The Labute approximate surface area is 125 Å². The normalized spacial score (nSPS) is 11.3. The van der Waals surface area contributed by atoms with Gasteiger partial charge in [0.25, 0.3) is 0 Å². The predicted molar refractivity (Wildman–Crippen MR) is 80.7 cm³/mol. The van der Waals surface area contributed by atoms with Crippen LogP contribution in [0.4, 0.5) is 5.69 Å². The number of aliphatic hydroxyl groups is 1. The van der Waals surface area contributed by atoms with E-state index in [4.69, 9.17) is 15.9 Å². The second-order valence-corrected chi connectivity index (χ2v) is 5.38. The molecule has 6 heteroatoms. The summed E-state index contributed by atoms with van der Waals surface area (Å²) in [6.07, 6.45) is 1.26. The monoisotopic (exact) mass is 303 g/mol. The van der Waals surface area contributed by atoms with Gasteiger partial charge in [0.2, 0.25) is 5.76 Å². The molecule has 0 aliphatic heterocycles. The van der Waals surface area contributed by atoms with Crippen LogP contribution in [0.25, 0.3) is 0 Å². The SMILES string of the molecule is Nc1ccc(Cc2sccc2C(=O)/C=C(\O)C(=O)O)cc1. The highest BCUT2D eigenvalue weighted by molar-refractivity contribution is 7.10. The van der Waals surface area contributed by atoms with Gasteiger partial charge in [-0.2, -0.15) is 0 Å². The zero-order valence-electron chi connectivity index (χ0n) is 10.9. The van der Waals surface area contributed by atoms with Crippen molar-refractivity contribution in [3.8, 4) is 0 Å². The van der Waals surface area contributed by atoms with Gasteiger partial charge in [-0.15, -0.1) is 11.3 Å². The molecule has 2 rings (SSSR count). The smallest absolute Gasteiger partial charge is 0.371 e. The quantitative estimate of drug-likeness (QED) is 0.341. The van der Waals surface area contributed by atoms with Crippen LogP contribution in [0.3, 0.4) is 0 Å². The average Bonchev–Trinajstić information content (AvgIpc) is 2.89. The third kappa shape index (κ3) is 3.70. The number of hydrogen-bond acceptors (Lipinski definition) is 5. The lowest BCUT2D eigenvalue weighted by atomic mass is 10.1. The molecule has 0 fully saturated rings. The largest absolute Gasteiger partial charge is 0.502 e. The van der Waals surface area contributed by atoms with Gasteiger partial charge in [0.1, 0.15) is 0 Å². The summed E-state index contributed by atoms with van der Waals surface area (Å²) in [6, 6.07) is 8.91. The Morgan fingerprint density at radius 3 is 2.43 bits per heavy atom. The summed E-state index contributed by atoms with van der Waals surface area (Å²) in [5.74, 6) is -3.02. The van der Waals surface area contributed by atoms with Crippen molar-refractivity contribution in [2.24, 2.45) is 0 Å². The Morgan fingerprint density at radius 2 is 1.81 bits per heavy atom. The molecule has 1 aromatic heterocycles. The predicted octanol–water partition coefficient (Wildman–Crippen LogP) is 2.63. The van der Waals surface area contributed by atoms with Crippen molar-refractivity contribution >= 4 is 28.8 Å². The zero-order valence-corrected chi connectivity index (χ0v) is 11.8. The Balaban J connectivity index is 2.22. The van der Waals surface area contributed by atoms with Crippen molar-refractivity contribution in [3.63, 3.8) is 0 Å². The van der Waals surface area contributed by atoms with Crippen molar-refractivity contribution in [2.45, 2.75) is 6.42 Å². The lowest BCUT2D eigenvalue weighted by molar-refractivity contribution is -0.135. The van der Waals surface area contributed by atoms with Crippen LogP contribution in [0.15, 0.2) is 47.5 Å². The second kappa shape index (κ2) is 6.23. The maximum atomic E-state index is 12.0. The van der Waals surface area contributed by atoms with Crippen LogP contribution in [-0.2, 0) is 11.2 Å². The first kappa shape index (κ1) is 14.8. The number of nitrogen functional groups attached to an aromatic ring is 1. The number of carboxylic acid groups (broad SMARTS) is 1. The highest BCUT2D eigenvalue weighted by atomic mass is 32.1. The summed E-state index contributed by atoms with van der Waals surface area (Å²) < 4.78 is 0. The van der Waals surface area contributed by atoms with E-state index >= 15 is 0 Å². The maximum Gasteiger partial charge on any atom is 0.371 e. The van der Waals surface area contributed by atoms with E-state index in [0.717, 1.165) is 16.5 Å². The molecule has 0 saturated heterocycles. The summed E-state index contributed by atoms with van der Waals surface area (Å²) >= 11 is 1.40. The van der Waals surface area contributed by atoms with Crippen molar-refractivity contribution in [1.29, 1.82) is 0 Å². The molecule has 0 aliphatic carbocycles. The van der Waals surface area contributed by atoms with Crippen LogP contribution in [0.2, 0.25) is 0 Å². The third-order valence-electron chi connectivity index (χ3n) is 2.84. The van der Waals surface area contributed by atoms with Crippen molar-refractivity contribution < 1.29 is 19.8 Å². The van der Waals surface area contributed by atoms with Gasteiger partial charge in [-0.1, -0.05) is 12.1 Å². The number of ketones is 1. The van der Waals surface area contributed by atoms with E-state index in [9.17, 15) is 9.59 Å². The molecule has 4 N–H and O–H groups in total. The summed E-state index contributed by atoms with van der Waals surface area (Å²) in [6.45, 7) is 0. The number of rotatable bonds is 5. The minimum Gasteiger partial charge on any atom is -0.502 e. The number of thiophene rings is 1. The molecule has 2 aromatic rings. The number of benzene rings is 1. The molecule has 1 aromatic carbocycles. The third-order valence-corrected chi connectivity index (χ3v) is 3.76. The number of hydrogen-bond donors (Lipinski definition) is 3. The molecule has 0 unspecified atom stereocenters. The fourth-order valence-corrected chi connectivity index (χ4v) is 2.70. The van der Waals surface area contributed by atoms with Crippen LogP contribution in [0.5, 0.6) is 0 Å². The molecule has 0 bridgehead atoms. The summed E-state index contributed by atoms with van der Waals surface area (Å²) in [5.41, 5.74) is 7.67. The van der Waals surface area contributed by atoms with Gasteiger partial charge in [0, 0.05) is 28.6 Å². The van der Waals surface area contributed by atoms with E-state index in [1.807, 2.05) is 12.1 Å². The van der Waals surface area contributed by atoms with E-state index in [-0.39, 0.29) is 0 Å². The minimum absolute atomic E-state index is 0.393. The first-order chi connectivity index (χ1) is 9.97. The van der Waals surface area contributed by atoms with Gasteiger partial charge in [-0.3, -0.25) is 4.79 Å². The lowest BCUT2D eigenvalue weighted by Gasteiger charge is -2.03. The van der Waals surface area contributed by atoms with Crippen LogP contribution in [-0.4, -0.2) is 22.0 Å². The Kier molecular flexibility index (Phi) is 4.39. The van der Waals surface area contributed by atoms with Gasteiger partial charge >= 0.3 is 5.97 Å². The van der Waals surface area contributed by atoms with E-state index in [0.29, 0.717) is 17.7 Å². The second-order valence-electron chi connectivity index (χ2n) is 4.37. The van der Waals surface area contributed by atoms with Crippen molar-refractivity contribution in [1.82, 2.24) is 0 Å². The van der Waals surface area contributed by atoms with Gasteiger partial charge < -0.3 is 15.9 Å². The molecule has 0 atom stereocenters. The molecular weight excluding hydrogens is 290 g/mol. The minimum atomic E-state index is -1.53. The fraction of sp³-hybridized carbons (Fsp3) is 0.0667. The molecule has 1 heterocycles. The average molecular weight is 303 g/mol. The molecule has 108 valence electrons. The Morgan fingerprint density at radius 1 is 1.14 bits per heavy atom. The molecule has 0 aliphatic rings. The van der Waals surface area contributed by atoms with Gasteiger partial charge in [-0.25, -0.2) is 4.79 Å². The number of nitrogens with two attached hydrogens (primary N) is 1. The van der Waals surface area contributed by atoms with Gasteiger partial charge in [0.15, 0.2) is 5.78 Å². The van der Waals surface area contributed by atoms with E-state index in [1.165, 1.54) is 11.3 Å². The number of aliphatic carboxylic acids is 1. The van der Waals surface area contributed by atoms with Crippen LogP contribution >= 0.6 is 11.3 Å². The number of carboxylic acids is 1. The summed E-state index contributed by atoms with van der Waals surface area (Å²) in [4.78, 5) is 23.3. The number of carbonyl (C=O) groups excluding carboxylic acids is 1. The number of allylic oxidation sites excluding steroid dienone is 1. The first-order valence-corrected chi connectivity index (χ1v) is 6.94. The van der Waals surface area contributed by atoms with E-state index < -0.39 is 17.5 Å². The molecule has 21 heavy (non-hydrogen) atoms. The maximum absolute atomic E-state index is 12.0.